The lowest BCUT2D eigenvalue weighted by Gasteiger charge is -2.44. The van der Waals surface area contributed by atoms with Crippen LogP contribution in [0.4, 0.5) is 0 Å². The third kappa shape index (κ3) is 3.21. The first-order valence-corrected chi connectivity index (χ1v) is 8.32. The number of carbonyl (C=O) groups excluding carboxylic acids is 1. The van der Waals surface area contributed by atoms with Crippen molar-refractivity contribution in [1.29, 1.82) is 0 Å². The zero-order valence-corrected chi connectivity index (χ0v) is 12.4. The van der Waals surface area contributed by atoms with Crippen LogP contribution in [-0.4, -0.2) is 40.4 Å². The smallest absolute Gasteiger partial charge is 0.239 e. The lowest BCUT2D eigenvalue weighted by Crippen LogP contribution is -2.56. The maximum atomic E-state index is 12.5. The fourth-order valence-corrected chi connectivity index (χ4v) is 4.64. The second-order valence-corrected chi connectivity index (χ2v) is 7.38. The number of rotatable bonds is 3. The molecule has 1 saturated heterocycles. The first-order valence-electron chi connectivity index (χ1n) is 7.27. The molecule has 0 spiro atoms. The van der Waals surface area contributed by atoms with E-state index in [1.165, 1.54) is 25.7 Å². The van der Waals surface area contributed by atoms with Crippen molar-refractivity contribution in [1.82, 2.24) is 4.90 Å². The number of thioether (sulfide) groups is 1. The molecule has 104 valence electrons. The van der Waals surface area contributed by atoms with Crippen LogP contribution in [0.5, 0.6) is 0 Å². The standard InChI is InChI=1S/C14H26N2OS/c1-10(2)9-11(15)14(17)16-7-8-18-13-6-4-3-5-12(13)16/h10-13H,3-9,15H2,1-2H3/t11-,12-,13+/m0/s1. The molecule has 1 aliphatic carbocycles. The van der Waals surface area contributed by atoms with Gasteiger partial charge in [-0.3, -0.25) is 4.79 Å². The van der Waals surface area contributed by atoms with Crippen molar-refractivity contribution in [2.24, 2.45) is 11.7 Å². The minimum atomic E-state index is -0.296. The summed E-state index contributed by atoms with van der Waals surface area (Å²) in [7, 11) is 0. The van der Waals surface area contributed by atoms with E-state index in [-0.39, 0.29) is 11.9 Å². The van der Waals surface area contributed by atoms with Gasteiger partial charge in [-0.1, -0.05) is 26.7 Å². The van der Waals surface area contributed by atoms with Gasteiger partial charge in [0.25, 0.3) is 0 Å². The van der Waals surface area contributed by atoms with Crippen LogP contribution in [0.2, 0.25) is 0 Å². The molecule has 0 aromatic carbocycles. The van der Waals surface area contributed by atoms with Crippen molar-refractivity contribution < 1.29 is 4.79 Å². The average Bonchev–Trinajstić information content (AvgIpc) is 2.36. The Morgan fingerprint density at radius 1 is 1.39 bits per heavy atom. The molecule has 0 aromatic rings. The molecular formula is C14H26N2OS. The summed E-state index contributed by atoms with van der Waals surface area (Å²) < 4.78 is 0. The molecule has 1 saturated carbocycles. The van der Waals surface area contributed by atoms with Gasteiger partial charge in [0.15, 0.2) is 0 Å². The molecule has 18 heavy (non-hydrogen) atoms. The van der Waals surface area contributed by atoms with Crippen molar-refractivity contribution in [3.05, 3.63) is 0 Å². The van der Waals surface area contributed by atoms with Crippen LogP contribution in [0.1, 0.15) is 46.0 Å². The van der Waals surface area contributed by atoms with Gasteiger partial charge < -0.3 is 10.6 Å². The van der Waals surface area contributed by atoms with E-state index in [4.69, 9.17) is 5.73 Å². The van der Waals surface area contributed by atoms with E-state index in [0.29, 0.717) is 17.2 Å². The number of carbonyl (C=O) groups is 1. The van der Waals surface area contributed by atoms with E-state index in [9.17, 15) is 4.79 Å². The number of nitrogens with two attached hydrogens (primary N) is 1. The van der Waals surface area contributed by atoms with E-state index >= 15 is 0 Å². The highest BCUT2D eigenvalue weighted by molar-refractivity contribution is 8.00. The van der Waals surface area contributed by atoms with Crippen molar-refractivity contribution in [2.45, 2.75) is 63.3 Å². The molecule has 2 N–H and O–H groups in total. The maximum Gasteiger partial charge on any atom is 0.239 e. The van der Waals surface area contributed by atoms with Gasteiger partial charge in [-0.25, -0.2) is 0 Å². The summed E-state index contributed by atoms with van der Waals surface area (Å²) in [5, 5.41) is 0.669. The fourth-order valence-electron chi connectivity index (χ4n) is 3.19. The van der Waals surface area contributed by atoms with Gasteiger partial charge in [0.2, 0.25) is 5.91 Å². The minimum Gasteiger partial charge on any atom is -0.336 e. The topological polar surface area (TPSA) is 46.3 Å². The summed E-state index contributed by atoms with van der Waals surface area (Å²) in [6, 6.07) is 0.166. The molecule has 2 rings (SSSR count). The molecular weight excluding hydrogens is 244 g/mol. The predicted molar refractivity (Wildman–Crippen MR) is 77.6 cm³/mol. The Morgan fingerprint density at radius 2 is 2.11 bits per heavy atom. The van der Waals surface area contributed by atoms with Gasteiger partial charge in [-0.05, 0) is 25.2 Å². The highest BCUT2D eigenvalue weighted by atomic mass is 32.2. The van der Waals surface area contributed by atoms with Crippen LogP contribution in [0.3, 0.4) is 0 Å². The van der Waals surface area contributed by atoms with E-state index < -0.39 is 0 Å². The maximum absolute atomic E-state index is 12.5. The van der Waals surface area contributed by atoms with E-state index in [1.807, 2.05) is 0 Å². The number of hydrogen-bond donors (Lipinski definition) is 1. The SMILES string of the molecule is CC(C)C[C@H](N)C(=O)N1CCS[C@@H]2CCCC[C@@H]21. The number of amides is 1. The molecule has 2 fully saturated rings. The lowest BCUT2D eigenvalue weighted by molar-refractivity contribution is -0.135. The van der Waals surface area contributed by atoms with Crippen molar-refractivity contribution in [3.8, 4) is 0 Å². The molecule has 1 amide bonds. The number of nitrogens with zero attached hydrogens (tertiary/aromatic N) is 1. The largest absolute Gasteiger partial charge is 0.336 e. The molecule has 1 aliphatic heterocycles. The van der Waals surface area contributed by atoms with Crippen LogP contribution in [0.15, 0.2) is 0 Å². The molecule has 0 aromatic heterocycles. The van der Waals surface area contributed by atoms with E-state index in [0.717, 1.165) is 18.7 Å². The predicted octanol–water partition coefficient (Wildman–Crippen LogP) is 2.25. The Labute approximate surface area is 115 Å². The van der Waals surface area contributed by atoms with Gasteiger partial charge in [0.05, 0.1) is 6.04 Å². The van der Waals surface area contributed by atoms with Gasteiger partial charge in [-0.15, -0.1) is 0 Å². The second-order valence-electron chi connectivity index (χ2n) is 6.03. The average molecular weight is 270 g/mol. The first-order chi connectivity index (χ1) is 8.59. The highest BCUT2D eigenvalue weighted by Crippen LogP contribution is 2.35. The molecule has 3 nitrogen and oxygen atoms in total. The molecule has 0 bridgehead atoms. The van der Waals surface area contributed by atoms with Gasteiger partial charge in [-0.2, -0.15) is 11.8 Å². The van der Waals surface area contributed by atoms with Crippen LogP contribution in [0, 0.1) is 5.92 Å². The van der Waals surface area contributed by atoms with Crippen molar-refractivity contribution in [3.63, 3.8) is 0 Å². The summed E-state index contributed by atoms with van der Waals surface area (Å²) in [6.07, 6.45) is 5.86. The zero-order valence-electron chi connectivity index (χ0n) is 11.6. The fraction of sp³-hybridized carbons (Fsp3) is 0.929. The molecule has 3 atom stereocenters. The summed E-state index contributed by atoms with van der Waals surface area (Å²) >= 11 is 2.06. The Bertz CT molecular complexity index is 294. The summed E-state index contributed by atoms with van der Waals surface area (Å²) in [6.45, 7) is 5.15. The monoisotopic (exact) mass is 270 g/mol. The van der Waals surface area contributed by atoms with E-state index in [2.05, 4.69) is 30.5 Å². The van der Waals surface area contributed by atoms with Crippen LogP contribution in [-0.2, 0) is 4.79 Å². The lowest BCUT2D eigenvalue weighted by atomic mass is 9.92. The van der Waals surface area contributed by atoms with Gasteiger partial charge in [0, 0.05) is 23.6 Å². The molecule has 4 heteroatoms. The zero-order chi connectivity index (χ0) is 13.1. The Balaban J connectivity index is 1.99. The van der Waals surface area contributed by atoms with Crippen molar-refractivity contribution in [2.75, 3.05) is 12.3 Å². The van der Waals surface area contributed by atoms with Crippen molar-refractivity contribution >= 4 is 17.7 Å². The normalized spacial score (nSPS) is 30.1. The Morgan fingerprint density at radius 3 is 2.83 bits per heavy atom. The van der Waals surface area contributed by atoms with Crippen LogP contribution in [0.25, 0.3) is 0 Å². The molecule has 0 unspecified atom stereocenters. The Hall–Kier alpha value is -0.220. The molecule has 1 heterocycles. The van der Waals surface area contributed by atoms with E-state index in [1.54, 1.807) is 0 Å². The summed E-state index contributed by atoms with van der Waals surface area (Å²) in [4.78, 5) is 14.6. The van der Waals surface area contributed by atoms with Crippen LogP contribution < -0.4 is 5.73 Å². The third-order valence-electron chi connectivity index (χ3n) is 4.06. The second kappa shape index (κ2) is 6.29. The van der Waals surface area contributed by atoms with Gasteiger partial charge in [0.1, 0.15) is 0 Å². The first kappa shape index (κ1) is 14.2. The Kier molecular flexibility index (Phi) is 4.96. The minimum absolute atomic E-state index is 0.195. The number of fused-ring (bicyclic) bond motifs is 1. The summed E-state index contributed by atoms with van der Waals surface area (Å²) in [5.41, 5.74) is 6.07. The highest BCUT2D eigenvalue weighted by Gasteiger charge is 2.37. The summed E-state index contributed by atoms with van der Waals surface area (Å²) in [5.74, 6) is 1.77. The van der Waals surface area contributed by atoms with Crippen LogP contribution >= 0.6 is 11.8 Å². The molecule has 0 radical (unpaired) electrons. The third-order valence-corrected chi connectivity index (χ3v) is 5.45. The number of hydrogen-bond acceptors (Lipinski definition) is 3. The quantitative estimate of drug-likeness (QED) is 0.855. The van der Waals surface area contributed by atoms with Gasteiger partial charge >= 0.3 is 0 Å². The molecule has 2 aliphatic rings.